The second-order valence-electron chi connectivity index (χ2n) is 7.97. The number of hydrogen-bond donors (Lipinski definition) is 1. The van der Waals surface area contributed by atoms with Gasteiger partial charge in [-0.3, -0.25) is 4.79 Å². The number of amides is 1. The number of nitrogens with one attached hydrogen (secondary N) is 1. The first-order valence-corrected chi connectivity index (χ1v) is 13.0. The topological polar surface area (TPSA) is 107 Å². The Morgan fingerprint density at radius 2 is 1.53 bits per heavy atom. The van der Waals surface area contributed by atoms with E-state index in [0.717, 1.165) is 23.6 Å². The number of benzene rings is 1. The van der Waals surface area contributed by atoms with Crippen molar-refractivity contribution in [3.05, 3.63) is 24.3 Å². The van der Waals surface area contributed by atoms with Crippen molar-refractivity contribution in [2.45, 2.75) is 37.0 Å². The zero-order valence-corrected chi connectivity index (χ0v) is 19.1. The molecule has 3 rings (SSSR count). The average Bonchev–Trinajstić information content (AvgIpc) is 2.74. The van der Waals surface area contributed by atoms with E-state index < -0.39 is 26.2 Å². The molecule has 0 aliphatic carbocycles. The van der Waals surface area contributed by atoms with Crippen LogP contribution in [0.25, 0.3) is 0 Å². The van der Waals surface area contributed by atoms with Crippen LogP contribution in [-0.2, 0) is 25.0 Å². The Hall–Kier alpha value is -1.53. The second kappa shape index (κ2) is 9.31. The molecule has 2 aliphatic heterocycles. The first-order valence-electron chi connectivity index (χ1n) is 10.2. The fraction of sp³-hybridized carbons (Fsp3) is 0.632. The van der Waals surface area contributed by atoms with Gasteiger partial charge in [0.2, 0.25) is 15.9 Å². The van der Waals surface area contributed by atoms with Crippen molar-refractivity contribution in [2.24, 2.45) is 5.92 Å². The molecular weight excluding hydrogens is 428 g/mol. The standard InChI is InChI=1S/C19H30N4O5S2/c1-21(2)30(27,28)23-14-6-7-16(15-23)19(24)20-17-8-10-18(11-9-17)29(25,26)22-12-4-3-5-13-22/h8-11,16H,3-7,12-15H2,1-2H3,(H,20,24). The largest absolute Gasteiger partial charge is 0.326 e. The molecule has 0 spiro atoms. The van der Waals surface area contributed by atoms with Crippen molar-refractivity contribution in [1.82, 2.24) is 12.9 Å². The van der Waals surface area contributed by atoms with Gasteiger partial charge in [0.1, 0.15) is 0 Å². The van der Waals surface area contributed by atoms with E-state index >= 15 is 0 Å². The number of rotatable bonds is 6. The van der Waals surface area contributed by atoms with Crippen LogP contribution in [0.2, 0.25) is 0 Å². The molecule has 1 atom stereocenters. The van der Waals surface area contributed by atoms with E-state index in [4.69, 9.17) is 0 Å². The third-order valence-electron chi connectivity index (χ3n) is 5.62. The maximum absolute atomic E-state index is 12.7. The Bertz CT molecular complexity index is 955. The van der Waals surface area contributed by atoms with E-state index in [9.17, 15) is 21.6 Å². The molecule has 1 amide bonds. The van der Waals surface area contributed by atoms with Gasteiger partial charge < -0.3 is 5.32 Å². The highest BCUT2D eigenvalue weighted by Gasteiger charge is 2.33. The van der Waals surface area contributed by atoms with E-state index in [-0.39, 0.29) is 17.3 Å². The van der Waals surface area contributed by atoms with Crippen molar-refractivity contribution in [3.8, 4) is 0 Å². The Labute approximate surface area is 179 Å². The summed E-state index contributed by atoms with van der Waals surface area (Å²) in [4.78, 5) is 12.9. The Balaban J connectivity index is 1.64. The fourth-order valence-electron chi connectivity index (χ4n) is 3.81. The van der Waals surface area contributed by atoms with Crippen molar-refractivity contribution in [1.29, 1.82) is 0 Å². The average molecular weight is 459 g/mol. The lowest BCUT2D eigenvalue weighted by Gasteiger charge is -2.32. The number of nitrogens with zero attached hydrogens (tertiary/aromatic N) is 3. The van der Waals surface area contributed by atoms with Crippen molar-refractivity contribution in [3.63, 3.8) is 0 Å². The summed E-state index contributed by atoms with van der Waals surface area (Å²) in [5, 5.41) is 2.79. The van der Waals surface area contributed by atoms with Gasteiger partial charge in [-0.2, -0.15) is 21.3 Å². The highest BCUT2D eigenvalue weighted by Crippen LogP contribution is 2.24. The van der Waals surface area contributed by atoms with E-state index in [0.29, 0.717) is 38.2 Å². The van der Waals surface area contributed by atoms with Crippen LogP contribution in [0.3, 0.4) is 0 Å². The number of anilines is 1. The van der Waals surface area contributed by atoms with Crippen LogP contribution >= 0.6 is 0 Å². The molecule has 30 heavy (non-hydrogen) atoms. The van der Waals surface area contributed by atoms with E-state index in [1.165, 1.54) is 34.8 Å². The molecule has 0 saturated carbocycles. The van der Waals surface area contributed by atoms with E-state index in [1.807, 2.05) is 0 Å². The first kappa shape index (κ1) is 23.1. The van der Waals surface area contributed by atoms with Crippen molar-refractivity contribution in [2.75, 3.05) is 45.6 Å². The summed E-state index contributed by atoms with van der Waals surface area (Å²) in [6.45, 7) is 1.60. The highest BCUT2D eigenvalue weighted by molar-refractivity contribution is 7.89. The molecule has 0 aromatic heterocycles. The Morgan fingerprint density at radius 3 is 2.13 bits per heavy atom. The number of sulfonamides is 1. The minimum absolute atomic E-state index is 0.133. The fourth-order valence-corrected chi connectivity index (χ4v) is 6.51. The number of piperidine rings is 2. The quantitative estimate of drug-likeness (QED) is 0.692. The minimum Gasteiger partial charge on any atom is -0.326 e. The van der Waals surface area contributed by atoms with Crippen LogP contribution < -0.4 is 5.32 Å². The van der Waals surface area contributed by atoms with Gasteiger partial charge in [0.25, 0.3) is 10.2 Å². The second-order valence-corrected chi connectivity index (χ2v) is 12.0. The van der Waals surface area contributed by atoms with Crippen LogP contribution in [0.4, 0.5) is 5.69 Å². The smallest absolute Gasteiger partial charge is 0.281 e. The summed E-state index contributed by atoms with van der Waals surface area (Å²) < 4.78 is 54.1. The van der Waals surface area contributed by atoms with Crippen LogP contribution in [0, 0.1) is 5.92 Å². The third-order valence-corrected chi connectivity index (χ3v) is 9.44. The van der Waals surface area contributed by atoms with Crippen LogP contribution in [0.15, 0.2) is 29.2 Å². The summed E-state index contributed by atoms with van der Waals surface area (Å²) in [6.07, 6.45) is 4.00. The molecule has 1 aromatic carbocycles. The molecule has 168 valence electrons. The van der Waals surface area contributed by atoms with Gasteiger partial charge in [0, 0.05) is 46.0 Å². The molecular formula is C19H30N4O5S2. The SMILES string of the molecule is CN(C)S(=O)(=O)N1CCCC(C(=O)Nc2ccc(S(=O)(=O)N3CCCCC3)cc2)C1. The van der Waals surface area contributed by atoms with Gasteiger partial charge in [-0.15, -0.1) is 0 Å². The molecule has 9 nitrogen and oxygen atoms in total. The summed E-state index contributed by atoms with van der Waals surface area (Å²) >= 11 is 0. The summed E-state index contributed by atoms with van der Waals surface area (Å²) in [5.74, 6) is -0.717. The molecule has 11 heteroatoms. The summed E-state index contributed by atoms with van der Waals surface area (Å²) in [5.41, 5.74) is 0.491. The molecule has 1 N–H and O–H groups in total. The Kier molecular flexibility index (Phi) is 7.18. The third kappa shape index (κ3) is 5.02. The number of carbonyl (C=O) groups is 1. The molecule has 1 unspecified atom stereocenters. The molecule has 1 aromatic rings. The zero-order valence-electron chi connectivity index (χ0n) is 17.5. The van der Waals surface area contributed by atoms with E-state index in [2.05, 4.69) is 5.32 Å². The van der Waals surface area contributed by atoms with Gasteiger partial charge >= 0.3 is 0 Å². The van der Waals surface area contributed by atoms with Crippen LogP contribution in [0.1, 0.15) is 32.1 Å². The predicted molar refractivity (Wildman–Crippen MR) is 115 cm³/mol. The predicted octanol–water partition coefficient (Wildman–Crippen LogP) is 1.32. The van der Waals surface area contributed by atoms with Gasteiger partial charge in [0.05, 0.1) is 10.8 Å². The number of hydrogen-bond acceptors (Lipinski definition) is 5. The Morgan fingerprint density at radius 1 is 0.933 bits per heavy atom. The molecule has 2 aliphatic rings. The normalized spacial score (nSPS) is 22.2. The minimum atomic E-state index is -3.56. The monoisotopic (exact) mass is 458 g/mol. The van der Waals surface area contributed by atoms with Crippen LogP contribution in [-0.4, -0.2) is 75.9 Å². The molecule has 0 radical (unpaired) electrons. The lowest BCUT2D eigenvalue weighted by molar-refractivity contribution is -0.120. The number of carbonyl (C=O) groups excluding carboxylic acids is 1. The van der Waals surface area contributed by atoms with Crippen molar-refractivity contribution < 1.29 is 21.6 Å². The summed E-state index contributed by atoms with van der Waals surface area (Å²) in [7, 11) is -4.13. The summed E-state index contributed by atoms with van der Waals surface area (Å²) in [6, 6.07) is 6.16. The van der Waals surface area contributed by atoms with Gasteiger partial charge in [-0.25, -0.2) is 8.42 Å². The van der Waals surface area contributed by atoms with Gasteiger partial charge in [-0.05, 0) is 49.9 Å². The van der Waals surface area contributed by atoms with Gasteiger partial charge in [-0.1, -0.05) is 6.42 Å². The molecule has 0 bridgehead atoms. The van der Waals surface area contributed by atoms with E-state index in [1.54, 1.807) is 12.1 Å². The first-order chi connectivity index (χ1) is 14.1. The molecule has 2 heterocycles. The lowest BCUT2D eigenvalue weighted by atomic mass is 9.99. The van der Waals surface area contributed by atoms with Gasteiger partial charge in [0.15, 0.2) is 0 Å². The molecule has 2 fully saturated rings. The highest BCUT2D eigenvalue weighted by atomic mass is 32.2. The zero-order chi connectivity index (χ0) is 21.9. The maximum atomic E-state index is 12.7. The van der Waals surface area contributed by atoms with Crippen LogP contribution in [0.5, 0.6) is 0 Å². The lowest BCUT2D eigenvalue weighted by Crippen LogP contribution is -2.47. The maximum Gasteiger partial charge on any atom is 0.281 e. The van der Waals surface area contributed by atoms with Crippen molar-refractivity contribution >= 4 is 31.8 Å². The molecule has 2 saturated heterocycles.